The topological polar surface area (TPSA) is 56.7 Å². The number of nitrogens with zero attached hydrogens (tertiary/aromatic N) is 3. The van der Waals surface area contributed by atoms with Crippen LogP contribution in [0.4, 0.5) is 0 Å². The fourth-order valence-electron chi connectivity index (χ4n) is 1.17. The molecule has 4 nitrogen and oxygen atoms in total. The van der Waals surface area contributed by atoms with Crippen molar-refractivity contribution in [2.75, 3.05) is 5.84 Å². The van der Waals surface area contributed by atoms with E-state index in [1.165, 1.54) is 16.7 Å². The molecule has 0 bridgehead atoms. The maximum Gasteiger partial charge on any atom is 0.157 e. The van der Waals surface area contributed by atoms with Crippen LogP contribution >= 0.6 is 0 Å². The van der Waals surface area contributed by atoms with Crippen LogP contribution in [0, 0.1) is 0 Å². The van der Waals surface area contributed by atoms with Crippen molar-refractivity contribution >= 4 is 0 Å². The molecule has 1 aromatic heterocycles. The molecule has 13 heavy (non-hydrogen) atoms. The van der Waals surface area contributed by atoms with Crippen LogP contribution in [0.2, 0.25) is 0 Å². The minimum atomic E-state index is 0.727. The molecule has 0 saturated carbocycles. The third-order valence-electron chi connectivity index (χ3n) is 1.76. The normalized spacial score (nSPS) is 10.2. The molecule has 0 spiro atoms. The van der Waals surface area contributed by atoms with Crippen molar-refractivity contribution < 1.29 is 0 Å². The summed E-state index contributed by atoms with van der Waals surface area (Å²) in [4.78, 5) is 5.26. The second-order valence-electron chi connectivity index (χ2n) is 2.80. The Balaban J connectivity index is 2.15. The molecule has 0 fully saturated rings. The van der Waals surface area contributed by atoms with E-state index in [2.05, 4.69) is 10.1 Å². The van der Waals surface area contributed by atoms with E-state index in [-0.39, 0.29) is 0 Å². The van der Waals surface area contributed by atoms with E-state index in [4.69, 9.17) is 5.84 Å². The van der Waals surface area contributed by atoms with Crippen LogP contribution < -0.4 is 5.84 Å². The summed E-state index contributed by atoms with van der Waals surface area (Å²) in [6, 6.07) is 10.1. The number of hydrogen-bond acceptors (Lipinski definition) is 3. The Labute approximate surface area is 76.0 Å². The first-order chi connectivity index (χ1) is 6.34. The summed E-state index contributed by atoms with van der Waals surface area (Å²) in [6.45, 7) is 0. The van der Waals surface area contributed by atoms with Crippen LogP contribution in [0.5, 0.6) is 0 Å². The fraction of sp³-hybridized carbons (Fsp3) is 0.111. The summed E-state index contributed by atoms with van der Waals surface area (Å²) in [5.41, 5.74) is 1.19. The Morgan fingerprint density at radius 2 is 2.00 bits per heavy atom. The van der Waals surface area contributed by atoms with Gasteiger partial charge in [0.2, 0.25) is 0 Å². The lowest BCUT2D eigenvalue weighted by molar-refractivity contribution is 0.806. The molecular weight excluding hydrogens is 164 g/mol. The Morgan fingerprint density at radius 1 is 1.23 bits per heavy atom. The van der Waals surface area contributed by atoms with Gasteiger partial charge < -0.3 is 5.84 Å². The highest BCUT2D eigenvalue weighted by atomic mass is 15.5. The SMILES string of the molecule is Nn1cnc(Cc2ccccc2)n1. The van der Waals surface area contributed by atoms with Crippen LogP contribution in [-0.4, -0.2) is 14.9 Å². The monoisotopic (exact) mass is 174 g/mol. The summed E-state index contributed by atoms with van der Waals surface area (Å²) in [5, 5.41) is 3.99. The van der Waals surface area contributed by atoms with Gasteiger partial charge in [-0.05, 0) is 5.56 Å². The number of rotatable bonds is 2. The lowest BCUT2D eigenvalue weighted by Crippen LogP contribution is -2.08. The fourth-order valence-corrected chi connectivity index (χ4v) is 1.17. The molecule has 0 amide bonds. The van der Waals surface area contributed by atoms with Crippen LogP contribution in [0.3, 0.4) is 0 Å². The van der Waals surface area contributed by atoms with Gasteiger partial charge in [-0.25, -0.2) is 4.98 Å². The van der Waals surface area contributed by atoms with Gasteiger partial charge in [-0.1, -0.05) is 30.3 Å². The second-order valence-corrected chi connectivity index (χ2v) is 2.80. The number of hydrogen-bond donors (Lipinski definition) is 1. The van der Waals surface area contributed by atoms with Gasteiger partial charge in [0.1, 0.15) is 6.33 Å². The van der Waals surface area contributed by atoms with Gasteiger partial charge in [0.15, 0.2) is 5.82 Å². The molecule has 0 saturated heterocycles. The predicted molar refractivity (Wildman–Crippen MR) is 49.4 cm³/mol. The van der Waals surface area contributed by atoms with E-state index in [9.17, 15) is 0 Å². The predicted octanol–water partition coefficient (Wildman–Crippen LogP) is 0.583. The molecule has 0 aliphatic heterocycles. The molecule has 0 radical (unpaired) electrons. The first-order valence-corrected chi connectivity index (χ1v) is 4.04. The van der Waals surface area contributed by atoms with E-state index in [0.29, 0.717) is 0 Å². The number of benzene rings is 1. The molecule has 66 valence electrons. The van der Waals surface area contributed by atoms with Crippen molar-refractivity contribution in [1.82, 2.24) is 14.9 Å². The first-order valence-electron chi connectivity index (χ1n) is 4.04. The molecule has 2 aromatic rings. The molecule has 0 aliphatic carbocycles. The van der Waals surface area contributed by atoms with Gasteiger partial charge in [-0.3, -0.25) is 0 Å². The summed E-state index contributed by atoms with van der Waals surface area (Å²) in [5.74, 6) is 6.12. The standard InChI is InChI=1S/C9H10N4/c10-13-7-11-9(12-13)6-8-4-2-1-3-5-8/h1-5,7H,6,10H2. The maximum absolute atomic E-state index is 5.38. The van der Waals surface area contributed by atoms with Gasteiger partial charge >= 0.3 is 0 Å². The molecular formula is C9H10N4. The van der Waals surface area contributed by atoms with Crippen molar-refractivity contribution in [2.24, 2.45) is 0 Å². The average Bonchev–Trinajstić information content (AvgIpc) is 2.53. The Kier molecular flexibility index (Phi) is 1.96. The number of aromatic nitrogens is 3. The quantitative estimate of drug-likeness (QED) is 0.677. The van der Waals surface area contributed by atoms with Crippen LogP contribution in [-0.2, 0) is 6.42 Å². The molecule has 0 unspecified atom stereocenters. The summed E-state index contributed by atoms with van der Waals surface area (Å²) in [7, 11) is 0. The zero-order valence-electron chi connectivity index (χ0n) is 7.09. The minimum Gasteiger partial charge on any atom is -0.322 e. The van der Waals surface area contributed by atoms with Crippen LogP contribution in [0.25, 0.3) is 0 Å². The Morgan fingerprint density at radius 3 is 2.62 bits per heavy atom. The van der Waals surface area contributed by atoms with Crippen LogP contribution in [0.15, 0.2) is 36.7 Å². The van der Waals surface area contributed by atoms with E-state index >= 15 is 0 Å². The smallest absolute Gasteiger partial charge is 0.157 e. The molecule has 1 aromatic carbocycles. The average molecular weight is 174 g/mol. The molecule has 0 atom stereocenters. The molecule has 4 heteroatoms. The van der Waals surface area contributed by atoms with E-state index in [0.717, 1.165) is 12.2 Å². The van der Waals surface area contributed by atoms with Gasteiger partial charge in [-0.2, -0.15) is 4.79 Å². The minimum absolute atomic E-state index is 0.727. The summed E-state index contributed by atoms with van der Waals surface area (Å²) >= 11 is 0. The van der Waals surface area contributed by atoms with Crippen molar-refractivity contribution in [3.63, 3.8) is 0 Å². The van der Waals surface area contributed by atoms with Gasteiger partial charge in [-0.15, -0.1) is 5.10 Å². The summed E-state index contributed by atoms with van der Waals surface area (Å²) < 4.78 is 0. The Hall–Kier alpha value is -1.84. The highest BCUT2D eigenvalue weighted by Crippen LogP contribution is 2.03. The van der Waals surface area contributed by atoms with Crippen molar-refractivity contribution in [1.29, 1.82) is 0 Å². The number of nitrogens with two attached hydrogens (primary N) is 1. The molecule has 0 aliphatic rings. The number of nitrogen functional groups attached to an aromatic ring is 1. The van der Waals surface area contributed by atoms with E-state index in [1.54, 1.807) is 0 Å². The van der Waals surface area contributed by atoms with Gasteiger partial charge in [0, 0.05) is 6.42 Å². The highest BCUT2D eigenvalue weighted by molar-refractivity contribution is 5.18. The second kappa shape index (κ2) is 3.26. The van der Waals surface area contributed by atoms with Gasteiger partial charge in [0.05, 0.1) is 0 Å². The van der Waals surface area contributed by atoms with Crippen LogP contribution in [0.1, 0.15) is 11.4 Å². The highest BCUT2D eigenvalue weighted by Gasteiger charge is 1.99. The molecule has 2 rings (SSSR count). The maximum atomic E-state index is 5.38. The Bertz CT molecular complexity index is 380. The largest absolute Gasteiger partial charge is 0.322 e. The zero-order chi connectivity index (χ0) is 9.10. The summed E-state index contributed by atoms with van der Waals surface area (Å²) in [6.07, 6.45) is 2.23. The zero-order valence-corrected chi connectivity index (χ0v) is 7.09. The van der Waals surface area contributed by atoms with Crippen molar-refractivity contribution in [3.05, 3.63) is 48.0 Å². The van der Waals surface area contributed by atoms with E-state index < -0.39 is 0 Å². The third kappa shape index (κ3) is 1.84. The third-order valence-corrected chi connectivity index (χ3v) is 1.76. The lowest BCUT2D eigenvalue weighted by atomic mass is 10.1. The van der Waals surface area contributed by atoms with Crippen molar-refractivity contribution in [2.45, 2.75) is 6.42 Å². The first kappa shape index (κ1) is 7.79. The van der Waals surface area contributed by atoms with Gasteiger partial charge in [0.25, 0.3) is 0 Å². The van der Waals surface area contributed by atoms with Crippen molar-refractivity contribution in [3.8, 4) is 0 Å². The molecule has 1 heterocycles. The molecule has 2 N–H and O–H groups in total. The van der Waals surface area contributed by atoms with E-state index in [1.807, 2.05) is 30.3 Å². The lowest BCUT2D eigenvalue weighted by Gasteiger charge is -1.94.